The predicted molar refractivity (Wildman–Crippen MR) is 272 cm³/mol. The molecule has 0 heterocycles. The van der Waals surface area contributed by atoms with Crippen LogP contribution >= 0.6 is 0 Å². The lowest BCUT2D eigenvalue weighted by atomic mass is 9.85. The van der Waals surface area contributed by atoms with Gasteiger partial charge in [0.1, 0.15) is 11.5 Å². The molecule has 0 aliphatic heterocycles. The first-order valence-corrected chi connectivity index (χ1v) is 21.9. The minimum atomic E-state index is 0.783. The van der Waals surface area contributed by atoms with Crippen LogP contribution in [0.3, 0.4) is 0 Å². The third-order valence-electron chi connectivity index (χ3n) is 13.2. The summed E-state index contributed by atoms with van der Waals surface area (Å²) in [6, 6.07) is 79.3. The van der Waals surface area contributed by atoms with Crippen molar-refractivity contribution in [3.63, 3.8) is 0 Å². The van der Waals surface area contributed by atoms with Gasteiger partial charge in [-0.25, -0.2) is 0 Å². The Hall–Kier alpha value is -8.20. The second-order valence-electron chi connectivity index (χ2n) is 16.6. The number of rotatable bonds is 7. The molecule has 64 heavy (non-hydrogen) atoms. The Morgan fingerprint density at radius 2 is 0.438 bits per heavy atom. The van der Waals surface area contributed by atoms with Gasteiger partial charge in [-0.15, -0.1) is 0 Å². The van der Waals surface area contributed by atoms with Crippen LogP contribution in [0.4, 0.5) is 0 Å². The van der Waals surface area contributed by atoms with Gasteiger partial charge in [0.25, 0.3) is 0 Å². The highest BCUT2D eigenvalue weighted by Gasteiger charge is 2.22. The monoisotopic (exact) mass is 818 g/mol. The van der Waals surface area contributed by atoms with Crippen LogP contribution in [0.2, 0.25) is 0 Å². The van der Waals surface area contributed by atoms with Crippen LogP contribution < -0.4 is 9.47 Å². The maximum atomic E-state index is 6.46. The molecule has 12 rings (SSSR count). The molecule has 0 N–H and O–H groups in total. The Kier molecular flexibility index (Phi) is 8.98. The third-order valence-corrected chi connectivity index (χ3v) is 13.2. The van der Waals surface area contributed by atoms with Gasteiger partial charge in [-0.05, 0) is 158 Å². The Labute approximate surface area is 372 Å². The summed E-state index contributed by atoms with van der Waals surface area (Å²) >= 11 is 0. The van der Waals surface area contributed by atoms with Crippen molar-refractivity contribution < 1.29 is 9.47 Å². The van der Waals surface area contributed by atoms with Crippen molar-refractivity contribution in [2.45, 2.75) is 0 Å². The normalized spacial score (nSPS) is 11.6. The molecular weight excluding hydrogens is 777 g/mol. The first kappa shape index (κ1) is 37.6. The number of hydrogen-bond acceptors (Lipinski definition) is 2. The van der Waals surface area contributed by atoms with Crippen LogP contribution in [-0.2, 0) is 0 Å². The average Bonchev–Trinajstić information content (AvgIpc) is 3.37. The Balaban J connectivity index is 1.19. The lowest BCUT2D eigenvalue weighted by Crippen LogP contribution is -1.96. The maximum absolute atomic E-state index is 6.46. The van der Waals surface area contributed by atoms with E-state index in [0.29, 0.717) is 0 Å². The highest BCUT2D eigenvalue weighted by Crippen LogP contribution is 2.50. The van der Waals surface area contributed by atoms with E-state index in [1.807, 2.05) is 0 Å². The smallest absolute Gasteiger partial charge is 0.127 e. The molecule has 0 saturated carbocycles. The van der Waals surface area contributed by atoms with E-state index in [2.05, 4.69) is 218 Å². The fraction of sp³-hybridized carbons (Fsp3) is 0.0323. The summed E-state index contributed by atoms with van der Waals surface area (Å²) in [5.74, 6) is 1.57. The average molecular weight is 819 g/mol. The van der Waals surface area contributed by atoms with Gasteiger partial charge in [0.15, 0.2) is 0 Å². The van der Waals surface area contributed by atoms with Crippen LogP contribution in [0.5, 0.6) is 11.5 Å². The minimum absolute atomic E-state index is 0.783. The number of fused-ring (bicyclic) bond motifs is 10. The lowest BCUT2D eigenvalue weighted by Gasteiger charge is -2.21. The minimum Gasteiger partial charge on any atom is -0.496 e. The standard InChI is InChI=1S/C62H42O2/c1-63-61-37-57-53(49(41-23-11-5-12-24-41)33-51-45-29-17-15-27-43(45)47(31-55(51)57)39-19-7-3-8-20-39)35-59(61)60-36-54-50(42-25-13-6-14-26-42)34-52-46-30-18-16-28-44(46)48(40-21-9-4-10-22-40)32-56(52)58(54)38-62(60)64-2/h3-38H,1-2H3. The van der Waals surface area contributed by atoms with Gasteiger partial charge < -0.3 is 9.47 Å². The van der Waals surface area contributed by atoms with Crippen molar-refractivity contribution in [2.24, 2.45) is 0 Å². The second kappa shape index (κ2) is 15.3. The first-order valence-electron chi connectivity index (χ1n) is 21.9. The molecule has 0 saturated heterocycles. The molecule has 0 amide bonds. The molecule has 0 aromatic heterocycles. The summed E-state index contributed by atoms with van der Waals surface area (Å²) in [5.41, 5.74) is 11.4. The maximum Gasteiger partial charge on any atom is 0.127 e. The van der Waals surface area contributed by atoms with E-state index in [0.717, 1.165) is 55.3 Å². The SMILES string of the molecule is COc1cc2c(cc1-c1cc3c(-c4ccccc4)cc4c5ccccc5c(-c5ccccc5)cc4c3cc1OC)c(-c1ccccc1)cc1c3ccccc3c(-c3ccccc3)cc21. The van der Waals surface area contributed by atoms with Gasteiger partial charge in [0, 0.05) is 11.1 Å². The van der Waals surface area contributed by atoms with Gasteiger partial charge in [-0.2, -0.15) is 0 Å². The molecule has 0 unspecified atom stereocenters. The zero-order chi connectivity index (χ0) is 42.7. The van der Waals surface area contributed by atoms with Crippen LogP contribution in [0.25, 0.3) is 120 Å². The molecule has 0 bridgehead atoms. The highest BCUT2D eigenvalue weighted by molar-refractivity contribution is 6.26. The fourth-order valence-corrected chi connectivity index (χ4v) is 10.2. The number of hydrogen-bond donors (Lipinski definition) is 0. The summed E-state index contributed by atoms with van der Waals surface area (Å²) in [4.78, 5) is 0. The molecule has 0 radical (unpaired) electrons. The molecule has 0 atom stereocenters. The zero-order valence-electron chi connectivity index (χ0n) is 35.6. The Morgan fingerprint density at radius 1 is 0.203 bits per heavy atom. The van der Waals surface area contributed by atoms with Gasteiger partial charge in [-0.3, -0.25) is 0 Å². The van der Waals surface area contributed by atoms with Crippen LogP contribution in [-0.4, -0.2) is 14.2 Å². The molecule has 0 fully saturated rings. The molecular formula is C62H42O2. The molecule has 2 heteroatoms. The quantitative estimate of drug-likeness (QED) is 0.149. The van der Waals surface area contributed by atoms with E-state index in [9.17, 15) is 0 Å². The summed E-state index contributed by atoms with van der Waals surface area (Å²) in [6.07, 6.45) is 0. The van der Waals surface area contributed by atoms with E-state index in [-0.39, 0.29) is 0 Å². The zero-order valence-corrected chi connectivity index (χ0v) is 35.6. The van der Waals surface area contributed by atoms with E-state index < -0.39 is 0 Å². The van der Waals surface area contributed by atoms with Crippen LogP contribution in [0.15, 0.2) is 218 Å². The van der Waals surface area contributed by atoms with Crippen LogP contribution in [0, 0.1) is 0 Å². The largest absolute Gasteiger partial charge is 0.496 e. The second-order valence-corrected chi connectivity index (χ2v) is 16.6. The summed E-state index contributed by atoms with van der Waals surface area (Å²) < 4.78 is 12.9. The first-order chi connectivity index (χ1) is 31.7. The lowest BCUT2D eigenvalue weighted by molar-refractivity contribution is 0.411. The molecule has 0 aliphatic carbocycles. The van der Waals surface area contributed by atoms with Crippen molar-refractivity contribution in [3.05, 3.63) is 218 Å². The molecule has 12 aromatic rings. The Bertz CT molecular complexity index is 3510. The topological polar surface area (TPSA) is 18.5 Å². The molecule has 302 valence electrons. The summed E-state index contributed by atoms with van der Waals surface area (Å²) in [6.45, 7) is 0. The predicted octanol–water partition coefficient (Wildman–Crippen LogP) is 17.0. The summed E-state index contributed by atoms with van der Waals surface area (Å²) in [7, 11) is 3.57. The van der Waals surface area contributed by atoms with Crippen LogP contribution in [0.1, 0.15) is 0 Å². The van der Waals surface area contributed by atoms with Gasteiger partial charge in [-0.1, -0.05) is 170 Å². The van der Waals surface area contributed by atoms with Gasteiger partial charge >= 0.3 is 0 Å². The van der Waals surface area contributed by atoms with E-state index >= 15 is 0 Å². The van der Waals surface area contributed by atoms with Crippen molar-refractivity contribution in [1.82, 2.24) is 0 Å². The number of methoxy groups -OCH3 is 2. The molecule has 0 spiro atoms. The molecule has 0 aliphatic rings. The van der Waals surface area contributed by atoms with Gasteiger partial charge in [0.2, 0.25) is 0 Å². The molecule has 2 nitrogen and oxygen atoms in total. The van der Waals surface area contributed by atoms with E-state index in [1.54, 1.807) is 14.2 Å². The van der Waals surface area contributed by atoms with Crippen molar-refractivity contribution >= 4 is 64.6 Å². The van der Waals surface area contributed by atoms with Crippen molar-refractivity contribution in [3.8, 4) is 67.1 Å². The molecule has 12 aromatic carbocycles. The fourth-order valence-electron chi connectivity index (χ4n) is 10.2. The highest BCUT2D eigenvalue weighted by atomic mass is 16.5. The van der Waals surface area contributed by atoms with E-state index in [4.69, 9.17) is 9.47 Å². The number of benzene rings is 12. The van der Waals surface area contributed by atoms with Crippen molar-refractivity contribution in [1.29, 1.82) is 0 Å². The summed E-state index contributed by atoms with van der Waals surface area (Å²) in [5, 5.41) is 14.3. The van der Waals surface area contributed by atoms with E-state index in [1.165, 1.54) is 76.5 Å². The number of ether oxygens (including phenoxy) is 2. The third kappa shape index (κ3) is 6.02. The van der Waals surface area contributed by atoms with Crippen molar-refractivity contribution in [2.75, 3.05) is 14.2 Å². The Morgan fingerprint density at radius 3 is 0.750 bits per heavy atom. The van der Waals surface area contributed by atoms with Gasteiger partial charge in [0.05, 0.1) is 14.2 Å².